The predicted molar refractivity (Wildman–Crippen MR) is 71.4 cm³/mol. The molecule has 0 spiro atoms. The number of carbonyl (C=O) groups excluding carboxylic acids is 1. The highest BCUT2D eigenvalue weighted by Gasteiger charge is 2.30. The molecule has 0 radical (unpaired) electrons. The van der Waals surface area contributed by atoms with Crippen molar-refractivity contribution in [2.75, 3.05) is 6.54 Å². The molecule has 0 saturated carbocycles. The number of halogens is 1. The van der Waals surface area contributed by atoms with Crippen molar-refractivity contribution in [1.29, 1.82) is 0 Å². The Kier molecular flexibility index (Phi) is 3.41. The number of aromatic nitrogens is 2. The fourth-order valence-corrected chi connectivity index (χ4v) is 2.61. The van der Waals surface area contributed by atoms with E-state index in [-0.39, 0.29) is 11.9 Å². The van der Waals surface area contributed by atoms with E-state index in [1.165, 1.54) is 18.3 Å². The lowest BCUT2D eigenvalue weighted by Gasteiger charge is -2.25. The summed E-state index contributed by atoms with van der Waals surface area (Å²) in [7, 11) is 0. The second-order valence-electron chi connectivity index (χ2n) is 4.81. The summed E-state index contributed by atoms with van der Waals surface area (Å²) < 4.78 is 12.8. The van der Waals surface area contributed by atoms with E-state index >= 15 is 0 Å². The first-order chi connectivity index (χ1) is 9.75. The molecule has 3 heterocycles. The lowest BCUT2D eigenvalue weighted by atomic mass is 10.1. The Bertz CT molecular complexity index is 600. The first-order valence-corrected chi connectivity index (χ1v) is 6.58. The summed E-state index contributed by atoms with van der Waals surface area (Å²) in [6.07, 6.45) is 6.66. The van der Waals surface area contributed by atoms with Crippen molar-refractivity contribution in [2.24, 2.45) is 0 Å². The zero-order valence-corrected chi connectivity index (χ0v) is 10.9. The zero-order chi connectivity index (χ0) is 13.9. The molecule has 0 aromatic carbocycles. The molecule has 2 aromatic heterocycles. The monoisotopic (exact) mass is 271 g/mol. The third-order valence-corrected chi connectivity index (χ3v) is 3.58. The van der Waals surface area contributed by atoms with Crippen LogP contribution in [0.15, 0.2) is 42.9 Å². The molecule has 5 heteroatoms. The van der Waals surface area contributed by atoms with Crippen LogP contribution in [0, 0.1) is 5.95 Å². The Hall–Kier alpha value is -2.30. The molecule has 1 aliphatic rings. The summed E-state index contributed by atoms with van der Waals surface area (Å²) >= 11 is 0. The minimum Gasteiger partial charge on any atom is -0.332 e. The third kappa shape index (κ3) is 2.39. The van der Waals surface area contributed by atoms with Gasteiger partial charge in [-0.15, -0.1) is 0 Å². The van der Waals surface area contributed by atoms with E-state index < -0.39 is 5.95 Å². The molecule has 102 valence electrons. The quantitative estimate of drug-likeness (QED) is 0.789. The van der Waals surface area contributed by atoms with Gasteiger partial charge in [-0.25, -0.2) is 4.98 Å². The molecule has 4 nitrogen and oxygen atoms in total. The molecule has 20 heavy (non-hydrogen) atoms. The molecule has 0 aliphatic carbocycles. The standard InChI is InChI=1S/C15H14FN3O/c16-14-4-3-12(10-18-14)15(20)19-9-1-2-13(19)11-5-7-17-8-6-11/h3-8,10,13H,1-2,9H2. The zero-order valence-electron chi connectivity index (χ0n) is 10.9. The Labute approximate surface area is 116 Å². The summed E-state index contributed by atoms with van der Waals surface area (Å²) in [5.74, 6) is -0.675. The fourth-order valence-electron chi connectivity index (χ4n) is 2.61. The largest absolute Gasteiger partial charge is 0.332 e. The lowest BCUT2D eigenvalue weighted by Crippen LogP contribution is -2.30. The molecule has 0 bridgehead atoms. The Balaban J connectivity index is 1.85. The van der Waals surface area contributed by atoms with Crippen molar-refractivity contribution >= 4 is 5.91 Å². The summed E-state index contributed by atoms with van der Waals surface area (Å²) in [6.45, 7) is 0.712. The van der Waals surface area contributed by atoms with E-state index in [0.29, 0.717) is 12.1 Å². The fraction of sp³-hybridized carbons (Fsp3) is 0.267. The van der Waals surface area contributed by atoms with Gasteiger partial charge in [-0.1, -0.05) is 0 Å². The second kappa shape index (κ2) is 5.36. The van der Waals surface area contributed by atoms with E-state index in [9.17, 15) is 9.18 Å². The molecular weight excluding hydrogens is 257 g/mol. The maximum atomic E-state index is 12.8. The first-order valence-electron chi connectivity index (χ1n) is 6.58. The highest BCUT2D eigenvalue weighted by Crippen LogP contribution is 2.32. The Morgan fingerprint density at radius 1 is 1.25 bits per heavy atom. The highest BCUT2D eigenvalue weighted by atomic mass is 19.1. The minimum absolute atomic E-state index is 0.0653. The average Bonchev–Trinajstić information content (AvgIpc) is 2.97. The Morgan fingerprint density at radius 3 is 2.75 bits per heavy atom. The molecule has 1 amide bonds. The van der Waals surface area contributed by atoms with Crippen molar-refractivity contribution in [2.45, 2.75) is 18.9 Å². The van der Waals surface area contributed by atoms with Crippen LogP contribution in [0.25, 0.3) is 0 Å². The summed E-state index contributed by atoms with van der Waals surface area (Å²) in [6, 6.07) is 6.62. The van der Waals surface area contributed by atoms with Gasteiger partial charge in [0.1, 0.15) is 0 Å². The van der Waals surface area contributed by atoms with Crippen LogP contribution >= 0.6 is 0 Å². The Morgan fingerprint density at radius 2 is 2.05 bits per heavy atom. The van der Waals surface area contributed by atoms with E-state index in [2.05, 4.69) is 9.97 Å². The van der Waals surface area contributed by atoms with Gasteiger partial charge in [0.25, 0.3) is 5.91 Å². The normalized spacial score (nSPS) is 18.2. The van der Waals surface area contributed by atoms with Gasteiger partial charge in [-0.3, -0.25) is 9.78 Å². The van der Waals surface area contributed by atoms with E-state index in [0.717, 1.165) is 18.4 Å². The van der Waals surface area contributed by atoms with Gasteiger partial charge in [-0.05, 0) is 42.7 Å². The second-order valence-corrected chi connectivity index (χ2v) is 4.81. The molecule has 1 unspecified atom stereocenters. The molecule has 0 N–H and O–H groups in total. The number of rotatable bonds is 2. The van der Waals surface area contributed by atoms with Gasteiger partial charge in [0.05, 0.1) is 11.6 Å². The van der Waals surface area contributed by atoms with Crippen molar-refractivity contribution in [3.05, 3.63) is 59.9 Å². The van der Waals surface area contributed by atoms with Crippen LogP contribution in [0.2, 0.25) is 0 Å². The van der Waals surface area contributed by atoms with Crippen molar-refractivity contribution < 1.29 is 9.18 Å². The van der Waals surface area contributed by atoms with Gasteiger partial charge >= 0.3 is 0 Å². The van der Waals surface area contributed by atoms with E-state index in [1.54, 1.807) is 12.4 Å². The molecule has 1 aliphatic heterocycles. The van der Waals surface area contributed by atoms with Crippen LogP contribution in [-0.4, -0.2) is 27.3 Å². The predicted octanol–water partition coefficient (Wildman–Crippen LogP) is 2.59. The number of carbonyl (C=O) groups is 1. The van der Waals surface area contributed by atoms with Gasteiger partial charge in [0.2, 0.25) is 5.95 Å². The number of nitrogens with zero attached hydrogens (tertiary/aromatic N) is 3. The number of amides is 1. The summed E-state index contributed by atoms with van der Waals surface area (Å²) in [4.78, 5) is 21.9. The first kappa shape index (κ1) is 12.7. The third-order valence-electron chi connectivity index (χ3n) is 3.58. The molecule has 1 fully saturated rings. The van der Waals surface area contributed by atoms with Gasteiger partial charge in [0.15, 0.2) is 0 Å². The summed E-state index contributed by atoms with van der Waals surface area (Å²) in [5, 5.41) is 0. The van der Waals surface area contributed by atoms with Crippen molar-refractivity contribution in [3.8, 4) is 0 Å². The van der Waals surface area contributed by atoms with Crippen LogP contribution in [0.1, 0.15) is 34.8 Å². The maximum absolute atomic E-state index is 12.8. The highest BCUT2D eigenvalue weighted by molar-refractivity contribution is 5.94. The molecule has 1 atom stereocenters. The van der Waals surface area contributed by atoms with Crippen LogP contribution in [0.3, 0.4) is 0 Å². The van der Waals surface area contributed by atoms with E-state index in [1.807, 2.05) is 17.0 Å². The van der Waals surface area contributed by atoms with E-state index in [4.69, 9.17) is 0 Å². The molecular formula is C15H14FN3O. The number of pyridine rings is 2. The van der Waals surface area contributed by atoms with Gasteiger partial charge in [0, 0.05) is 25.1 Å². The van der Waals surface area contributed by atoms with Crippen LogP contribution < -0.4 is 0 Å². The van der Waals surface area contributed by atoms with Crippen molar-refractivity contribution in [1.82, 2.24) is 14.9 Å². The van der Waals surface area contributed by atoms with Crippen LogP contribution in [0.5, 0.6) is 0 Å². The number of hydrogen-bond donors (Lipinski definition) is 0. The lowest BCUT2D eigenvalue weighted by molar-refractivity contribution is 0.0735. The number of hydrogen-bond acceptors (Lipinski definition) is 3. The molecule has 1 saturated heterocycles. The smallest absolute Gasteiger partial charge is 0.255 e. The topological polar surface area (TPSA) is 46.1 Å². The maximum Gasteiger partial charge on any atom is 0.255 e. The van der Waals surface area contributed by atoms with Crippen LogP contribution in [0.4, 0.5) is 4.39 Å². The van der Waals surface area contributed by atoms with Gasteiger partial charge < -0.3 is 4.90 Å². The van der Waals surface area contributed by atoms with Crippen LogP contribution in [-0.2, 0) is 0 Å². The van der Waals surface area contributed by atoms with Gasteiger partial charge in [-0.2, -0.15) is 4.39 Å². The molecule has 3 rings (SSSR count). The number of likely N-dealkylation sites (tertiary alicyclic amines) is 1. The molecule has 2 aromatic rings. The summed E-state index contributed by atoms with van der Waals surface area (Å²) in [5.41, 5.74) is 1.51. The minimum atomic E-state index is -0.575. The SMILES string of the molecule is O=C(c1ccc(F)nc1)N1CCCC1c1ccncc1. The average molecular weight is 271 g/mol. The van der Waals surface area contributed by atoms with Crippen molar-refractivity contribution in [3.63, 3.8) is 0 Å².